The molecule has 0 atom stereocenters. The zero-order chi connectivity index (χ0) is 34.6. The summed E-state index contributed by atoms with van der Waals surface area (Å²) in [6.07, 6.45) is 5.41. The maximum Gasteiger partial charge on any atom is 0.219 e. The van der Waals surface area contributed by atoms with E-state index in [9.17, 15) is 10.2 Å². The lowest BCUT2D eigenvalue weighted by atomic mass is 10.2. The van der Waals surface area contributed by atoms with Crippen molar-refractivity contribution in [1.82, 2.24) is 0 Å². The van der Waals surface area contributed by atoms with E-state index in [4.69, 9.17) is 42.6 Å². The van der Waals surface area contributed by atoms with E-state index in [-0.39, 0.29) is 69.0 Å². The van der Waals surface area contributed by atoms with Crippen LogP contribution in [0.3, 0.4) is 0 Å². The molecule has 0 radical (unpaired) electrons. The molecule has 0 saturated carbocycles. The summed E-state index contributed by atoms with van der Waals surface area (Å²) in [6, 6.07) is 0. The molecule has 0 spiro atoms. The van der Waals surface area contributed by atoms with Crippen LogP contribution in [0.25, 0.3) is 0 Å². The number of phenols is 2. The molecular formula is C36H58O11. The van der Waals surface area contributed by atoms with Gasteiger partial charge in [0.2, 0.25) is 69.0 Å². The van der Waals surface area contributed by atoms with Crippen LogP contribution in [0.5, 0.6) is 69.0 Å². The van der Waals surface area contributed by atoms with Crippen molar-refractivity contribution in [2.45, 2.75) is 107 Å². The molecule has 0 aliphatic rings. The van der Waals surface area contributed by atoms with Crippen LogP contribution in [0, 0.1) is 0 Å². The number of rotatable bonds is 26. The minimum atomic E-state index is -0.244. The first-order valence-corrected chi connectivity index (χ1v) is 17.5. The fourth-order valence-electron chi connectivity index (χ4n) is 4.24. The maximum absolute atomic E-state index is 11.6. The van der Waals surface area contributed by atoms with Crippen molar-refractivity contribution in [1.29, 1.82) is 0 Å². The first-order valence-electron chi connectivity index (χ1n) is 17.5. The Hall–Kier alpha value is -3.76. The summed E-state index contributed by atoms with van der Waals surface area (Å²) in [6.45, 7) is 18.2. The molecule has 2 aromatic rings. The van der Waals surface area contributed by atoms with Crippen molar-refractivity contribution in [3.8, 4) is 69.0 Å². The van der Waals surface area contributed by atoms with Crippen molar-refractivity contribution < 1.29 is 52.8 Å². The highest BCUT2D eigenvalue weighted by molar-refractivity contribution is 5.77. The molecule has 0 unspecified atom stereocenters. The second kappa shape index (κ2) is 21.9. The third kappa shape index (κ3) is 10.6. The second-order valence-electron chi connectivity index (χ2n) is 10.9. The lowest BCUT2D eigenvalue weighted by molar-refractivity contribution is 0.206. The average Bonchev–Trinajstić information content (AvgIpc) is 3.07. The van der Waals surface area contributed by atoms with Crippen molar-refractivity contribution in [2.75, 3.05) is 52.9 Å². The predicted molar refractivity (Wildman–Crippen MR) is 183 cm³/mol. The lowest BCUT2D eigenvalue weighted by Crippen LogP contribution is -2.11. The summed E-state index contributed by atoms with van der Waals surface area (Å²) in [7, 11) is 0. The van der Waals surface area contributed by atoms with Gasteiger partial charge in [0.15, 0.2) is 0 Å². The largest absolute Gasteiger partial charge is 0.501 e. The van der Waals surface area contributed by atoms with Crippen LogP contribution in [0.15, 0.2) is 0 Å². The van der Waals surface area contributed by atoms with Crippen molar-refractivity contribution in [2.24, 2.45) is 0 Å². The van der Waals surface area contributed by atoms with Gasteiger partial charge in [0.05, 0.1) is 52.9 Å². The van der Waals surface area contributed by atoms with Crippen molar-refractivity contribution in [3.63, 3.8) is 0 Å². The van der Waals surface area contributed by atoms with Gasteiger partial charge in [0.1, 0.15) is 0 Å². The third-order valence-electron chi connectivity index (χ3n) is 6.32. The standard InChI is InChI=1S/C36H58O11/c1-9-17-39-27-25(37)28(40-18-10-2)32(44-22-14-6)35(31(27)43-21-13-5)47-36-33(45-23-15-7)29(41-19-11-3)26(38)30(42-20-12-4)34(36)46-24-16-8/h37-38H,9-24H2,1-8H3. The number of aromatic hydroxyl groups is 2. The molecule has 2 rings (SSSR count). The van der Waals surface area contributed by atoms with E-state index in [0.29, 0.717) is 104 Å². The van der Waals surface area contributed by atoms with Gasteiger partial charge < -0.3 is 52.8 Å². The van der Waals surface area contributed by atoms with Gasteiger partial charge in [-0.05, 0) is 51.4 Å². The van der Waals surface area contributed by atoms with Crippen molar-refractivity contribution >= 4 is 0 Å². The Morgan fingerprint density at radius 2 is 0.447 bits per heavy atom. The Balaban J connectivity index is 3.16. The number of ether oxygens (including phenoxy) is 9. The lowest BCUT2D eigenvalue weighted by Gasteiger charge is -2.26. The number of benzene rings is 2. The molecule has 11 heteroatoms. The topological polar surface area (TPSA) is 124 Å². The molecule has 0 fully saturated rings. The van der Waals surface area contributed by atoms with Crippen LogP contribution in [0.2, 0.25) is 0 Å². The minimum absolute atomic E-state index is 0.0704. The van der Waals surface area contributed by atoms with E-state index in [2.05, 4.69) is 0 Å². The molecule has 0 bridgehead atoms. The van der Waals surface area contributed by atoms with E-state index in [1.807, 2.05) is 55.4 Å². The van der Waals surface area contributed by atoms with Crippen LogP contribution in [0.1, 0.15) is 107 Å². The molecule has 268 valence electrons. The summed E-state index contributed by atoms with van der Waals surface area (Å²) in [4.78, 5) is 0. The first kappa shape index (κ1) is 39.4. The quantitative estimate of drug-likeness (QED) is 0.0999. The highest BCUT2D eigenvalue weighted by Gasteiger charge is 2.36. The second-order valence-corrected chi connectivity index (χ2v) is 10.9. The molecular weight excluding hydrogens is 608 g/mol. The number of hydrogen-bond acceptors (Lipinski definition) is 11. The van der Waals surface area contributed by atoms with Gasteiger partial charge in [-0.1, -0.05) is 55.4 Å². The summed E-state index contributed by atoms with van der Waals surface area (Å²) < 4.78 is 56.3. The maximum atomic E-state index is 11.6. The monoisotopic (exact) mass is 666 g/mol. The fourth-order valence-corrected chi connectivity index (χ4v) is 4.24. The van der Waals surface area contributed by atoms with E-state index in [1.165, 1.54) is 0 Å². The summed E-state index contributed by atoms with van der Waals surface area (Å²) >= 11 is 0. The number of phenolic OH excluding ortho intramolecular Hbond substituents is 2. The van der Waals surface area contributed by atoms with Gasteiger partial charge in [-0.3, -0.25) is 0 Å². The van der Waals surface area contributed by atoms with Crippen LogP contribution in [-0.2, 0) is 0 Å². The Bertz CT molecular complexity index is 1020. The Labute approximate surface area is 281 Å². The SMILES string of the molecule is CCCOc1c(O)c(OCCC)c(OCCC)c(Oc2c(OCCC)c(OCCC)c(O)c(OCCC)c2OCCC)c1OCCC. The molecule has 0 saturated heterocycles. The average molecular weight is 667 g/mol. The smallest absolute Gasteiger partial charge is 0.219 e. The van der Waals surface area contributed by atoms with Crippen molar-refractivity contribution in [3.05, 3.63) is 0 Å². The molecule has 11 nitrogen and oxygen atoms in total. The van der Waals surface area contributed by atoms with E-state index in [1.54, 1.807) is 0 Å². The third-order valence-corrected chi connectivity index (χ3v) is 6.32. The van der Waals surface area contributed by atoms with Crippen LogP contribution in [-0.4, -0.2) is 63.1 Å². The molecule has 2 aromatic carbocycles. The van der Waals surface area contributed by atoms with Crippen LogP contribution in [0.4, 0.5) is 0 Å². The Morgan fingerprint density at radius 1 is 0.277 bits per heavy atom. The minimum Gasteiger partial charge on any atom is -0.501 e. The first-order chi connectivity index (χ1) is 22.9. The Morgan fingerprint density at radius 3 is 0.617 bits per heavy atom. The van der Waals surface area contributed by atoms with Gasteiger partial charge in [-0.15, -0.1) is 0 Å². The van der Waals surface area contributed by atoms with E-state index >= 15 is 0 Å². The fraction of sp³-hybridized carbons (Fsp3) is 0.667. The zero-order valence-electron chi connectivity index (χ0n) is 29.9. The van der Waals surface area contributed by atoms with Crippen LogP contribution >= 0.6 is 0 Å². The molecule has 0 amide bonds. The van der Waals surface area contributed by atoms with E-state index in [0.717, 1.165) is 0 Å². The van der Waals surface area contributed by atoms with Gasteiger partial charge in [-0.2, -0.15) is 0 Å². The normalized spacial score (nSPS) is 10.8. The summed E-state index contributed by atoms with van der Waals surface area (Å²) in [5, 5.41) is 23.1. The predicted octanol–water partition coefficient (Wildman–Crippen LogP) is 9.20. The molecule has 0 aliphatic carbocycles. The van der Waals surface area contributed by atoms with Gasteiger partial charge in [0, 0.05) is 0 Å². The summed E-state index contributed by atoms with van der Waals surface area (Å²) in [5.74, 6) is 0.524. The Kier molecular flexibility index (Phi) is 18.4. The van der Waals surface area contributed by atoms with Gasteiger partial charge in [0.25, 0.3) is 0 Å². The number of hydrogen-bond donors (Lipinski definition) is 2. The zero-order valence-corrected chi connectivity index (χ0v) is 29.9. The van der Waals surface area contributed by atoms with E-state index < -0.39 is 0 Å². The van der Waals surface area contributed by atoms with Gasteiger partial charge >= 0.3 is 0 Å². The molecule has 2 N–H and O–H groups in total. The highest BCUT2D eigenvalue weighted by atomic mass is 16.6. The molecule has 0 heterocycles. The summed E-state index contributed by atoms with van der Waals surface area (Å²) in [5.41, 5.74) is 0. The highest BCUT2D eigenvalue weighted by Crippen LogP contribution is 2.63. The van der Waals surface area contributed by atoms with Crippen LogP contribution < -0.4 is 42.6 Å². The molecule has 0 aromatic heterocycles. The van der Waals surface area contributed by atoms with Gasteiger partial charge in [-0.25, -0.2) is 0 Å². The molecule has 0 aliphatic heterocycles. The molecule has 47 heavy (non-hydrogen) atoms.